The average molecular weight is 307 g/mol. The molecule has 0 saturated carbocycles. The monoisotopic (exact) mass is 307 g/mol. The molecule has 1 aliphatic rings. The maximum Gasteiger partial charge on any atom is 0.322 e. The molecule has 0 spiro atoms. The molecule has 0 aliphatic carbocycles. The lowest BCUT2D eigenvalue weighted by Gasteiger charge is -2.28. The van der Waals surface area contributed by atoms with Crippen LogP contribution in [0, 0.1) is 5.82 Å². The number of hydrogen-bond donors (Lipinski definition) is 2. The Morgan fingerprint density at radius 1 is 1.32 bits per heavy atom. The second kappa shape index (κ2) is 6.34. The molecular formula is C16H22FN3O2. The Hall–Kier alpha value is -2.11. The van der Waals surface area contributed by atoms with Crippen LogP contribution >= 0.6 is 0 Å². The number of likely N-dealkylation sites (tertiary alicyclic amines) is 1. The van der Waals surface area contributed by atoms with Crippen molar-refractivity contribution >= 4 is 17.6 Å². The van der Waals surface area contributed by atoms with Crippen molar-refractivity contribution < 1.29 is 14.0 Å². The lowest BCUT2D eigenvalue weighted by molar-refractivity contribution is -0.126. The van der Waals surface area contributed by atoms with Gasteiger partial charge in [-0.15, -0.1) is 0 Å². The molecule has 0 radical (unpaired) electrons. The first-order valence-electron chi connectivity index (χ1n) is 7.41. The zero-order valence-electron chi connectivity index (χ0n) is 13.1. The van der Waals surface area contributed by atoms with E-state index in [2.05, 4.69) is 10.6 Å². The molecule has 1 heterocycles. The summed E-state index contributed by atoms with van der Waals surface area (Å²) in [6.45, 7) is 6.22. The first-order valence-corrected chi connectivity index (χ1v) is 7.41. The van der Waals surface area contributed by atoms with Gasteiger partial charge < -0.3 is 15.5 Å². The third-order valence-corrected chi connectivity index (χ3v) is 3.39. The summed E-state index contributed by atoms with van der Waals surface area (Å²) in [4.78, 5) is 26.1. The average Bonchev–Trinajstić information content (AvgIpc) is 2.85. The molecule has 5 nitrogen and oxygen atoms in total. The number of urea groups is 1. The SMILES string of the molecule is CC(C)(C)NC(=O)C1CCCN1C(=O)Nc1cccc(F)c1. The molecule has 3 amide bonds. The Bertz CT molecular complexity index is 569. The van der Waals surface area contributed by atoms with Crippen LogP contribution in [0.25, 0.3) is 0 Å². The van der Waals surface area contributed by atoms with Crippen LogP contribution in [-0.4, -0.2) is 35.0 Å². The predicted octanol–water partition coefficient (Wildman–Crippen LogP) is 2.74. The molecule has 1 fully saturated rings. The van der Waals surface area contributed by atoms with Crippen LogP contribution in [0.1, 0.15) is 33.6 Å². The van der Waals surface area contributed by atoms with Crippen LogP contribution in [0.2, 0.25) is 0 Å². The summed E-state index contributed by atoms with van der Waals surface area (Å²) in [6.07, 6.45) is 1.41. The quantitative estimate of drug-likeness (QED) is 0.882. The number of rotatable bonds is 2. The molecule has 2 N–H and O–H groups in total. The summed E-state index contributed by atoms with van der Waals surface area (Å²) in [5.74, 6) is -0.569. The molecule has 2 rings (SSSR count). The Balaban J connectivity index is 2.03. The number of amides is 3. The summed E-state index contributed by atoms with van der Waals surface area (Å²) in [7, 11) is 0. The molecule has 1 aromatic carbocycles. The second-order valence-electron chi connectivity index (χ2n) is 6.53. The molecule has 1 aromatic rings. The van der Waals surface area contributed by atoms with Gasteiger partial charge in [0.15, 0.2) is 0 Å². The third-order valence-electron chi connectivity index (χ3n) is 3.39. The van der Waals surface area contributed by atoms with E-state index in [-0.39, 0.29) is 17.5 Å². The Labute approximate surface area is 129 Å². The van der Waals surface area contributed by atoms with Crippen LogP contribution < -0.4 is 10.6 Å². The smallest absolute Gasteiger partial charge is 0.322 e. The van der Waals surface area contributed by atoms with Crippen molar-refractivity contribution in [3.63, 3.8) is 0 Å². The van der Waals surface area contributed by atoms with Crippen molar-refractivity contribution in [2.45, 2.75) is 45.2 Å². The van der Waals surface area contributed by atoms with Gasteiger partial charge in [0.05, 0.1) is 0 Å². The summed E-state index contributed by atoms with van der Waals surface area (Å²) in [5.41, 5.74) is 0.0385. The van der Waals surface area contributed by atoms with Crippen molar-refractivity contribution in [3.8, 4) is 0 Å². The number of nitrogens with zero attached hydrogens (tertiary/aromatic N) is 1. The Morgan fingerprint density at radius 2 is 2.05 bits per heavy atom. The molecular weight excluding hydrogens is 285 g/mol. The van der Waals surface area contributed by atoms with E-state index < -0.39 is 11.9 Å². The first-order chi connectivity index (χ1) is 10.3. The molecule has 1 atom stereocenters. The highest BCUT2D eigenvalue weighted by molar-refractivity contribution is 5.94. The van der Waals surface area contributed by atoms with E-state index in [0.717, 1.165) is 6.42 Å². The van der Waals surface area contributed by atoms with Crippen LogP contribution in [-0.2, 0) is 4.79 Å². The van der Waals surface area contributed by atoms with Crippen molar-refractivity contribution in [1.82, 2.24) is 10.2 Å². The van der Waals surface area contributed by atoms with Crippen molar-refractivity contribution in [1.29, 1.82) is 0 Å². The van der Waals surface area contributed by atoms with E-state index >= 15 is 0 Å². The second-order valence-corrected chi connectivity index (χ2v) is 6.53. The molecule has 120 valence electrons. The molecule has 1 unspecified atom stereocenters. The highest BCUT2D eigenvalue weighted by Gasteiger charge is 2.35. The highest BCUT2D eigenvalue weighted by atomic mass is 19.1. The zero-order chi connectivity index (χ0) is 16.3. The minimum Gasteiger partial charge on any atom is -0.350 e. The molecule has 0 aromatic heterocycles. The topological polar surface area (TPSA) is 61.4 Å². The lowest BCUT2D eigenvalue weighted by Crippen LogP contribution is -2.52. The van der Waals surface area contributed by atoms with Gasteiger partial charge in [0, 0.05) is 17.8 Å². The fourth-order valence-electron chi connectivity index (χ4n) is 2.50. The Kier molecular flexibility index (Phi) is 4.68. The van der Waals surface area contributed by atoms with Crippen molar-refractivity contribution in [2.24, 2.45) is 0 Å². The standard InChI is InChI=1S/C16H22FN3O2/c1-16(2,3)19-14(21)13-8-5-9-20(13)15(22)18-12-7-4-6-11(17)10-12/h4,6-7,10,13H,5,8-9H2,1-3H3,(H,18,22)(H,19,21). The van der Waals surface area contributed by atoms with Crippen LogP contribution in [0.4, 0.5) is 14.9 Å². The number of carbonyl (C=O) groups is 2. The van der Waals surface area contributed by atoms with Crippen LogP contribution in [0.5, 0.6) is 0 Å². The summed E-state index contributed by atoms with van der Waals surface area (Å²) in [6, 6.07) is 4.84. The number of carbonyl (C=O) groups excluding carboxylic acids is 2. The molecule has 1 saturated heterocycles. The van der Waals surface area contributed by atoms with Gasteiger partial charge in [0.25, 0.3) is 0 Å². The fraction of sp³-hybridized carbons (Fsp3) is 0.500. The van der Waals surface area contributed by atoms with Gasteiger partial charge in [-0.2, -0.15) is 0 Å². The molecule has 22 heavy (non-hydrogen) atoms. The van der Waals surface area contributed by atoms with Gasteiger partial charge in [-0.3, -0.25) is 4.79 Å². The molecule has 6 heteroatoms. The maximum atomic E-state index is 13.2. The number of halogens is 1. The van der Waals surface area contributed by atoms with E-state index in [0.29, 0.717) is 18.7 Å². The minimum atomic E-state index is -0.479. The van der Waals surface area contributed by atoms with Crippen LogP contribution in [0.15, 0.2) is 24.3 Å². The van der Waals surface area contributed by atoms with E-state index in [1.165, 1.54) is 23.1 Å². The van der Waals surface area contributed by atoms with Gasteiger partial charge in [-0.05, 0) is 51.8 Å². The summed E-state index contributed by atoms with van der Waals surface area (Å²) >= 11 is 0. The van der Waals surface area contributed by atoms with Gasteiger partial charge in [0.1, 0.15) is 11.9 Å². The fourth-order valence-corrected chi connectivity index (χ4v) is 2.50. The van der Waals surface area contributed by atoms with Gasteiger partial charge in [-0.25, -0.2) is 9.18 Å². The van der Waals surface area contributed by atoms with Crippen molar-refractivity contribution in [2.75, 3.05) is 11.9 Å². The number of hydrogen-bond acceptors (Lipinski definition) is 2. The van der Waals surface area contributed by atoms with Gasteiger partial charge in [-0.1, -0.05) is 6.07 Å². The Morgan fingerprint density at radius 3 is 2.68 bits per heavy atom. The normalized spacial score (nSPS) is 18.2. The minimum absolute atomic E-state index is 0.153. The number of nitrogens with one attached hydrogen (secondary N) is 2. The third kappa shape index (κ3) is 4.19. The largest absolute Gasteiger partial charge is 0.350 e. The van der Waals surface area contributed by atoms with E-state index in [1.807, 2.05) is 20.8 Å². The maximum absolute atomic E-state index is 13.2. The zero-order valence-corrected chi connectivity index (χ0v) is 13.1. The first kappa shape index (κ1) is 16.3. The van der Waals surface area contributed by atoms with Gasteiger partial charge >= 0.3 is 6.03 Å². The molecule has 0 bridgehead atoms. The predicted molar refractivity (Wildman–Crippen MR) is 83.0 cm³/mol. The lowest BCUT2D eigenvalue weighted by atomic mass is 10.1. The highest BCUT2D eigenvalue weighted by Crippen LogP contribution is 2.20. The van der Waals surface area contributed by atoms with E-state index in [4.69, 9.17) is 0 Å². The summed E-state index contributed by atoms with van der Waals surface area (Å²) in [5, 5.41) is 5.54. The number of benzene rings is 1. The molecule has 1 aliphatic heterocycles. The number of anilines is 1. The van der Waals surface area contributed by atoms with Gasteiger partial charge in [0.2, 0.25) is 5.91 Å². The summed E-state index contributed by atoms with van der Waals surface area (Å²) < 4.78 is 13.2. The van der Waals surface area contributed by atoms with E-state index in [1.54, 1.807) is 6.07 Å². The van der Waals surface area contributed by atoms with Crippen LogP contribution in [0.3, 0.4) is 0 Å². The van der Waals surface area contributed by atoms with E-state index in [9.17, 15) is 14.0 Å². The van der Waals surface area contributed by atoms with Crippen molar-refractivity contribution in [3.05, 3.63) is 30.1 Å².